The van der Waals surface area contributed by atoms with Gasteiger partial charge in [0.1, 0.15) is 0 Å². The van der Waals surface area contributed by atoms with E-state index in [9.17, 15) is 0 Å². The van der Waals surface area contributed by atoms with Crippen molar-refractivity contribution in [3.8, 4) is 0 Å². The van der Waals surface area contributed by atoms with Gasteiger partial charge in [0.2, 0.25) is 0 Å². The van der Waals surface area contributed by atoms with Crippen molar-refractivity contribution in [2.24, 2.45) is 16.2 Å². The monoisotopic (exact) mass is 190 g/mol. The summed E-state index contributed by atoms with van der Waals surface area (Å²) < 4.78 is 0. The van der Waals surface area contributed by atoms with Gasteiger partial charge in [-0.25, -0.2) is 0 Å². The lowest BCUT2D eigenvalue weighted by atomic mass is 9.51. The van der Waals surface area contributed by atoms with Gasteiger partial charge in [-0.3, -0.25) is 0 Å². The molecule has 0 amide bonds. The van der Waals surface area contributed by atoms with Gasteiger partial charge in [0.25, 0.3) is 0 Å². The molecule has 0 fully saturated rings. The van der Waals surface area contributed by atoms with E-state index in [2.05, 4.69) is 41.5 Å². The molecule has 0 saturated carbocycles. The van der Waals surface area contributed by atoms with Crippen LogP contribution in [-0.2, 0) is 0 Å². The molecule has 0 nitrogen and oxygen atoms in total. The second-order valence-electron chi connectivity index (χ2n) is 6.68. The highest BCUT2D eigenvalue weighted by Gasteiger charge is 2.40. The maximum absolute atomic E-state index is 5.93. The first-order valence-electron chi connectivity index (χ1n) is 5.48. The second kappa shape index (κ2) is 4.33. The fraction of sp³-hybridized carbons (Fsp3) is 1.00. The second-order valence-corrected chi connectivity index (χ2v) is 6.68. The summed E-state index contributed by atoms with van der Waals surface area (Å²) in [6, 6.07) is 0. The summed E-state index contributed by atoms with van der Waals surface area (Å²) in [6.07, 6.45) is 2.42. The van der Waals surface area contributed by atoms with Crippen LogP contribution in [0.5, 0.6) is 0 Å². The Morgan fingerprint density at radius 2 is 1.14 bits per heavy atom. The Hall–Kier alpha value is 0.130. The molecule has 14 heavy (non-hydrogen) atoms. The Bertz CT molecular complexity index is 168. The largest absolute Gasteiger partial charge is 0.0833 e. The fourth-order valence-corrected chi connectivity index (χ4v) is 2.12. The zero-order valence-corrected chi connectivity index (χ0v) is 10.8. The van der Waals surface area contributed by atoms with Crippen molar-refractivity contribution in [2.75, 3.05) is 0 Å². The zero-order chi connectivity index (χ0) is 11.6. The van der Waals surface area contributed by atoms with Crippen LogP contribution in [0.3, 0.4) is 0 Å². The van der Waals surface area contributed by atoms with Crippen LogP contribution in [0.1, 0.15) is 48.0 Å². The van der Waals surface area contributed by atoms with Crippen LogP contribution in [0.2, 0.25) is 12.6 Å². The maximum atomic E-state index is 5.93. The van der Waals surface area contributed by atoms with E-state index in [1.54, 1.807) is 0 Å². The van der Waals surface area contributed by atoms with Crippen molar-refractivity contribution in [1.82, 2.24) is 0 Å². The van der Waals surface area contributed by atoms with Crippen LogP contribution in [0.15, 0.2) is 0 Å². The summed E-state index contributed by atoms with van der Waals surface area (Å²) >= 11 is 0. The third-order valence-electron chi connectivity index (χ3n) is 3.24. The van der Waals surface area contributed by atoms with E-state index in [0.29, 0.717) is 12.6 Å². The minimum absolute atomic E-state index is 0.0608. The minimum atomic E-state index is 0.0608. The highest BCUT2D eigenvalue weighted by atomic mass is 14.4. The van der Waals surface area contributed by atoms with E-state index in [1.807, 2.05) is 0 Å². The van der Waals surface area contributed by atoms with Crippen molar-refractivity contribution in [1.29, 1.82) is 0 Å². The Morgan fingerprint density at radius 1 is 0.786 bits per heavy atom. The van der Waals surface area contributed by atoms with Crippen molar-refractivity contribution in [3.05, 3.63) is 0 Å². The van der Waals surface area contributed by atoms with Crippen LogP contribution in [-0.4, -0.2) is 15.7 Å². The first-order valence-corrected chi connectivity index (χ1v) is 5.48. The zero-order valence-electron chi connectivity index (χ0n) is 10.8. The van der Waals surface area contributed by atoms with Crippen molar-refractivity contribution in [3.63, 3.8) is 0 Å². The summed E-state index contributed by atoms with van der Waals surface area (Å²) in [6.45, 7) is 13.5. The lowest BCUT2D eigenvalue weighted by Gasteiger charge is -2.48. The van der Waals surface area contributed by atoms with Gasteiger partial charge in [-0.15, -0.1) is 0 Å². The first kappa shape index (κ1) is 14.1. The molecule has 0 saturated heterocycles. The quantitative estimate of drug-likeness (QED) is 0.596. The Kier molecular flexibility index (Phi) is 4.37. The van der Waals surface area contributed by atoms with Crippen LogP contribution >= 0.6 is 0 Å². The fourth-order valence-electron chi connectivity index (χ4n) is 2.12. The normalized spacial score (nSPS) is 14.4. The Morgan fingerprint density at radius 3 is 1.21 bits per heavy atom. The molecule has 0 aliphatic rings. The van der Waals surface area contributed by atoms with Crippen LogP contribution in [0.4, 0.5) is 0 Å². The third kappa shape index (κ3) is 3.37. The van der Waals surface area contributed by atoms with Gasteiger partial charge in [-0.05, 0) is 22.7 Å². The summed E-state index contributed by atoms with van der Waals surface area (Å²) in [7, 11) is 11.9. The lowest BCUT2D eigenvalue weighted by Crippen LogP contribution is -2.38. The van der Waals surface area contributed by atoms with E-state index >= 15 is 0 Å². The van der Waals surface area contributed by atoms with Gasteiger partial charge in [-0.1, -0.05) is 54.2 Å². The molecule has 2 heteroatoms. The Labute approximate surface area is 93.1 Å². The number of hydrogen-bond acceptors (Lipinski definition) is 0. The molecule has 0 spiro atoms. The number of rotatable bonds is 3. The van der Waals surface area contributed by atoms with E-state index in [0.717, 1.165) is 6.42 Å². The van der Waals surface area contributed by atoms with Gasteiger partial charge >= 0.3 is 0 Å². The highest BCUT2D eigenvalue weighted by molar-refractivity contribution is 6.12. The van der Waals surface area contributed by atoms with E-state index in [4.69, 9.17) is 15.7 Å². The van der Waals surface area contributed by atoms with Gasteiger partial charge in [0.05, 0.1) is 15.7 Å². The molecule has 0 N–H and O–H groups in total. The molecule has 0 aromatic rings. The molecule has 0 aliphatic carbocycles. The third-order valence-corrected chi connectivity index (χ3v) is 3.24. The predicted octanol–water partition coefficient (Wildman–Crippen LogP) is 3.63. The van der Waals surface area contributed by atoms with Gasteiger partial charge in [-0.2, -0.15) is 0 Å². The molecular formula is C12H24B2. The average molecular weight is 190 g/mol. The maximum Gasteiger partial charge on any atom is 0.0660 e. The van der Waals surface area contributed by atoms with E-state index in [1.165, 1.54) is 0 Å². The molecule has 78 valence electrons. The first-order chi connectivity index (χ1) is 6.08. The topological polar surface area (TPSA) is 0 Å². The minimum Gasteiger partial charge on any atom is -0.0833 e. The summed E-state index contributed by atoms with van der Waals surface area (Å²) in [5.74, 6) is 0. The molecule has 4 radical (unpaired) electrons. The van der Waals surface area contributed by atoms with Crippen molar-refractivity contribution in [2.45, 2.75) is 60.6 Å². The highest BCUT2D eigenvalue weighted by Crippen LogP contribution is 2.51. The molecule has 0 bridgehead atoms. The molecule has 0 rings (SSSR count). The standard InChI is InChI=1S/C12H24B2/c1-10(2,3)7-12(8-13,9-14)11(4,5)6/h7-9H2,1-6H3. The molecule has 0 aromatic heterocycles. The number of hydrogen-bond donors (Lipinski definition) is 0. The van der Waals surface area contributed by atoms with Crippen molar-refractivity contribution < 1.29 is 0 Å². The van der Waals surface area contributed by atoms with Gasteiger partial charge < -0.3 is 0 Å². The predicted molar refractivity (Wildman–Crippen MR) is 67.1 cm³/mol. The summed E-state index contributed by atoms with van der Waals surface area (Å²) in [5, 5.41) is 0. The summed E-state index contributed by atoms with van der Waals surface area (Å²) in [4.78, 5) is 0. The molecule has 0 heterocycles. The van der Waals surface area contributed by atoms with E-state index in [-0.39, 0.29) is 16.2 Å². The van der Waals surface area contributed by atoms with Gasteiger partial charge in [0.15, 0.2) is 0 Å². The lowest BCUT2D eigenvalue weighted by molar-refractivity contribution is 0.0757. The molecular weight excluding hydrogens is 166 g/mol. The average Bonchev–Trinajstić information content (AvgIpc) is 1.96. The molecule has 0 unspecified atom stereocenters. The van der Waals surface area contributed by atoms with Gasteiger partial charge in [0, 0.05) is 0 Å². The van der Waals surface area contributed by atoms with Crippen LogP contribution < -0.4 is 0 Å². The van der Waals surface area contributed by atoms with Crippen molar-refractivity contribution >= 4 is 15.7 Å². The molecule has 0 atom stereocenters. The van der Waals surface area contributed by atoms with E-state index < -0.39 is 0 Å². The smallest absolute Gasteiger partial charge is 0.0660 e. The molecule has 0 aromatic carbocycles. The summed E-state index contributed by atoms with van der Waals surface area (Å²) in [5.41, 5.74) is 0.515. The molecule has 0 aliphatic heterocycles. The SMILES string of the molecule is [B]CC(C[B])(CC(C)(C)C)C(C)(C)C. The Balaban J connectivity index is 4.91. The van der Waals surface area contributed by atoms with Crippen LogP contribution in [0, 0.1) is 16.2 Å². The van der Waals surface area contributed by atoms with Crippen LogP contribution in [0.25, 0.3) is 0 Å².